The predicted molar refractivity (Wildman–Crippen MR) is 72.0 cm³/mol. The molecule has 0 spiro atoms. The molecule has 5 heteroatoms. The van der Waals surface area contributed by atoms with Gasteiger partial charge in [-0.3, -0.25) is 0 Å². The molecule has 94 valence electrons. The van der Waals surface area contributed by atoms with Crippen molar-refractivity contribution in [1.82, 2.24) is 9.88 Å². The molecule has 5 nitrogen and oxygen atoms in total. The first-order chi connectivity index (χ1) is 8.08. The summed E-state index contributed by atoms with van der Waals surface area (Å²) in [4.78, 5) is 8.91. The first-order valence-corrected chi connectivity index (χ1v) is 6.01. The molecule has 1 aliphatic rings. The summed E-state index contributed by atoms with van der Waals surface area (Å²) in [6.45, 7) is 2.10. The Morgan fingerprint density at radius 2 is 2.18 bits per heavy atom. The molecule has 0 saturated carbocycles. The highest BCUT2D eigenvalue weighted by Gasteiger charge is 2.26. The van der Waals surface area contributed by atoms with Crippen molar-refractivity contribution in [1.29, 1.82) is 0 Å². The number of aromatic nitrogens is 1. The molecule has 1 saturated heterocycles. The fourth-order valence-electron chi connectivity index (χ4n) is 2.38. The molecule has 1 fully saturated rings. The van der Waals surface area contributed by atoms with Gasteiger partial charge in [0.05, 0.1) is 5.69 Å². The third kappa shape index (κ3) is 2.61. The molecule has 0 aromatic carbocycles. The second kappa shape index (κ2) is 4.79. The number of likely N-dealkylation sites (N-methyl/N-ethyl adjacent to an activating group) is 1. The fraction of sp³-hybridized carbons (Fsp3) is 0.583. The predicted octanol–water partition coefficient (Wildman–Crippen LogP) is 0.776. The van der Waals surface area contributed by atoms with E-state index in [1.54, 1.807) is 0 Å². The largest absolute Gasteiger partial charge is 0.396 e. The first kappa shape index (κ1) is 12.0. The second-order valence-corrected chi connectivity index (χ2v) is 4.90. The van der Waals surface area contributed by atoms with Gasteiger partial charge >= 0.3 is 0 Å². The van der Waals surface area contributed by atoms with Crippen LogP contribution >= 0.6 is 0 Å². The summed E-state index contributed by atoms with van der Waals surface area (Å²) >= 11 is 0. The van der Waals surface area contributed by atoms with Crippen molar-refractivity contribution in [3.8, 4) is 0 Å². The molecular formula is C12H21N5. The Balaban J connectivity index is 2.17. The van der Waals surface area contributed by atoms with Crippen LogP contribution in [0.15, 0.2) is 12.1 Å². The third-order valence-corrected chi connectivity index (χ3v) is 3.19. The zero-order valence-electron chi connectivity index (χ0n) is 10.6. The monoisotopic (exact) mass is 235 g/mol. The second-order valence-electron chi connectivity index (χ2n) is 4.90. The van der Waals surface area contributed by atoms with Gasteiger partial charge in [-0.15, -0.1) is 0 Å². The van der Waals surface area contributed by atoms with Gasteiger partial charge in [-0.2, -0.15) is 0 Å². The number of nitrogen functional groups attached to an aromatic ring is 2. The number of pyridine rings is 1. The number of nitrogens with two attached hydrogens (primary N) is 2. The standard InChI is InChI=1S/C12H21N5/c1-16(2)8-9-4-3-7-17(9)11-6-5-10(13)12(14)15-11/h5-6,9H,3-4,7-8,13H2,1-2H3,(H2,14,15). The minimum atomic E-state index is 0.429. The number of hydrogen-bond donors (Lipinski definition) is 2. The summed E-state index contributed by atoms with van der Waals surface area (Å²) in [5.41, 5.74) is 12.0. The van der Waals surface area contributed by atoms with Gasteiger partial charge in [-0.1, -0.05) is 0 Å². The lowest BCUT2D eigenvalue weighted by Crippen LogP contribution is -2.38. The van der Waals surface area contributed by atoms with Crippen LogP contribution in [0.2, 0.25) is 0 Å². The van der Waals surface area contributed by atoms with Crippen LogP contribution in [0.5, 0.6) is 0 Å². The number of nitrogens with zero attached hydrogens (tertiary/aromatic N) is 3. The molecule has 4 N–H and O–H groups in total. The van der Waals surface area contributed by atoms with E-state index in [1.807, 2.05) is 12.1 Å². The van der Waals surface area contributed by atoms with Gasteiger partial charge in [0, 0.05) is 19.1 Å². The Hall–Kier alpha value is -1.49. The van der Waals surface area contributed by atoms with Crippen molar-refractivity contribution in [2.45, 2.75) is 18.9 Å². The molecule has 17 heavy (non-hydrogen) atoms. The lowest BCUT2D eigenvalue weighted by molar-refractivity contribution is 0.371. The summed E-state index contributed by atoms with van der Waals surface area (Å²) in [5, 5.41) is 0. The zero-order valence-corrected chi connectivity index (χ0v) is 10.6. The van der Waals surface area contributed by atoms with Gasteiger partial charge < -0.3 is 21.3 Å². The van der Waals surface area contributed by atoms with Crippen LogP contribution in [0.4, 0.5) is 17.3 Å². The average molecular weight is 235 g/mol. The van der Waals surface area contributed by atoms with Gasteiger partial charge in [0.1, 0.15) is 11.6 Å². The first-order valence-electron chi connectivity index (χ1n) is 6.01. The molecular weight excluding hydrogens is 214 g/mol. The van der Waals surface area contributed by atoms with E-state index in [1.165, 1.54) is 12.8 Å². The Morgan fingerprint density at radius 3 is 2.82 bits per heavy atom. The van der Waals surface area contributed by atoms with Gasteiger partial charge in [0.15, 0.2) is 0 Å². The highest BCUT2D eigenvalue weighted by molar-refractivity contribution is 5.62. The maximum atomic E-state index is 5.76. The molecule has 2 heterocycles. The topological polar surface area (TPSA) is 71.4 Å². The van der Waals surface area contributed by atoms with Gasteiger partial charge in [-0.05, 0) is 39.1 Å². The van der Waals surface area contributed by atoms with Crippen molar-refractivity contribution in [3.63, 3.8) is 0 Å². The summed E-state index contributed by atoms with van der Waals surface area (Å²) in [7, 11) is 4.20. The molecule has 1 aromatic rings. The molecule has 1 unspecified atom stereocenters. The molecule has 1 aliphatic heterocycles. The van der Waals surface area contributed by atoms with Crippen LogP contribution < -0.4 is 16.4 Å². The lowest BCUT2D eigenvalue weighted by atomic mass is 10.2. The molecule has 0 amide bonds. The SMILES string of the molecule is CN(C)CC1CCCN1c1ccc(N)c(N)n1. The van der Waals surface area contributed by atoms with Crippen molar-refractivity contribution >= 4 is 17.3 Å². The number of hydrogen-bond acceptors (Lipinski definition) is 5. The normalized spacial score (nSPS) is 20.2. The summed E-state index contributed by atoms with van der Waals surface area (Å²) in [6, 6.07) is 4.32. The Labute approximate surface area is 102 Å². The van der Waals surface area contributed by atoms with E-state index in [0.29, 0.717) is 17.5 Å². The maximum absolute atomic E-state index is 5.76. The van der Waals surface area contributed by atoms with E-state index in [-0.39, 0.29) is 0 Å². The number of rotatable bonds is 3. The molecule has 2 rings (SSSR count). The molecule has 1 aromatic heterocycles. The van der Waals surface area contributed by atoms with Gasteiger partial charge in [-0.25, -0.2) is 4.98 Å². The smallest absolute Gasteiger partial charge is 0.149 e. The van der Waals surface area contributed by atoms with E-state index >= 15 is 0 Å². The summed E-state index contributed by atoms with van der Waals surface area (Å²) in [6.07, 6.45) is 2.43. The molecule has 1 atom stereocenters. The minimum Gasteiger partial charge on any atom is -0.396 e. The van der Waals surface area contributed by atoms with E-state index in [4.69, 9.17) is 11.5 Å². The summed E-state index contributed by atoms with van der Waals surface area (Å²) < 4.78 is 0. The van der Waals surface area contributed by atoms with Crippen molar-refractivity contribution in [2.75, 3.05) is 43.6 Å². The van der Waals surface area contributed by atoms with Crippen molar-refractivity contribution in [2.24, 2.45) is 0 Å². The highest BCUT2D eigenvalue weighted by Crippen LogP contribution is 2.26. The van der Waals surface area contributed by atoms with Crippen LogP contribution in [0.3, 0.4) is 0 Å². The van der Waals surface area contributed by atoms with Crippen LogP contribution in [0.25, 0.3) is 0 Å². The quantitative estimate of drug-likeness (QED) is 0.810. The van der Waals surface area contributed by atoms with Crippen LogP contribution in [0, 0.1) is 0 Å². The lowest BCUT2D eigenvalue weighted by Gasteiger charge is -2.28. The van der Waals surface area contributed by atoms with Crippen molar-refractivity contribution in [3.05, 3.63) is 12.1 Å². The van der Waals surface area contributed by atoms with E-state index in [9.17, 15) is 0 Å². The molecule has 0 bridgehead atoms. The van der Waals surface area contributed by atoms with E-state index in [0.717, 1.165) is 18.9 Å². The van der Waals surface area contributed by atoms with E-state index in [2.05, 4.69) is 28.9 Å². The zero-order chi connectivity index (χ0) is 12.4. The van der Waals surface area contributed by atoms with Crippen LogP contribution in [-0.2, 0) is 0 Å². The Bertz CT molecular complexity index is 390. The van der Waals surface area contributed by atoms with Crippen LogP contribution in [0.1, 0.15) is 12.8 Å². The molecule has 0 radical (unpaired) electrons. The molecule has 0 aliphatic carbocycles. The van der Waals surface area contributed by atoms with Crippen LogP contribution in [-0.4, -0.2) is 43.1 Å². The number of anilines is 3. The van der Waals surface area contributed by atoms with E-state index < -0.39 is 0 Å². The van der Waals surface area contributed by atoms with Gasteiger partial charge in [0.25, 0.3) is 0 Å². The maximum Gasteiger partial charge on any atom is 0.149 e. The Kier molecular flexibility index (Phi) is 3.38. The fourth-order valence-corrected chi connectivity index (χ4v) is 2.38. The Morgan fingerprint density at radius 1 is 1.41 bits per heavy atom. The minimum absolute atomic E-state index is 0.429. The van der Waals surface area contributed by atoms with Gasteiger partial charge in [0.2, 0.25) is 0 Å². The average Bonchev–Trinajstić information content (AvgIpc) is 2.69. The summed E-state index contributed by atoms with van der Waals surface area (Å²) in [5.74, 6) is 1.37. The highest BCUT2D eigenvalue weighted by atomic mass is 15.3. The third-order valence-electron chi connectivity index (χ3n) is 3.19. The van der Waals surface area contributed by atoms with Crippen molar-refractivity contribution < 1.29 is 0 Å².